The van der Waals surface area contributed by atoms with E-state index >= 15 is 0 Å². The molecule has 2 atom stereocenters. The van der Waals surface area contributed by atoms with Crippen molar-refractivity contribution < 1.29 is 9.29 Å². The van der Waals surface area contributed by atoms with E-state index in [4.69, 9.17) is 21.3 Å². The summed E-state index contributed by atoms with van der Waals surface area (Å²) in [5, 5.41) is 3.84. The first-order valence-electron chi connectivity index (χ1n) is 10.4. The zero-order valence-corrected chi connectivity index (χ0v) is 18.7. The topological polar surface area (TPSA) is 105 Å². The SMILES string of the molecule is C/C(N)=C(\c1cnc2c3c(n(CC4CCOCC4)c2c1)=CC([S+](C)[O-])CC=3)N(C)N. The van der Waals surface area contributed by atoms with Crippen LogP contribution in [0.2, 0.25) is 0 Å². The molecular formula is C22H31N5O2S. The van der Waals surface area contributed by atoms with Crippen molar-refractivity contribution in [2.45, 2.75) is 38.0 Å². The van der Waals surface area contributed by atoms with Gasteiger partial charge in [-0.3, -0.25) is 4.98 Å². The molecule has 8 heteroatoms. The van der Waals surface area contributed by atoms with E-state index in [-0.39, 0.29) is 5.25 Å². The molecule has 1 fully saturated rings. The van der Waals surface area contributed by atoms with E-state index in [1.807, 2.05) is 13.1 Å². The van der Waals surface area contributed by atoms with E-state index in [2.05, 4.69) is 22.8 Å². The fraction of sp³-hybridized carbons (Fsp3) is 0.500. The summed E-state index contributed by atoms with van der Waals surface area (Å²) in [7, 11) is 1.78. The van der Waals surface area contributed by atoms with Crippen molar-refractivity contribution in [1.82, 2.24) is 14.6 Å². The van der Waals surface area contributed by atoms with E-state index in [1.165, 1.54) is 0 Å². The fourth-order valence-electron chi connectivity index (χ4n) is 4.58. The summed E-state index contributed by atoms with van der Waals surface area (Å²) in [6.45, 7) is 4.36. The number of hydrazine groups is 1. The zero-order valence-electron chi connectivity index (χ0n) is 17.9. The second-order valence-corrected chi connectivity index (χ2v) is 9.95. The minimum absolute atomic E-state index is 0.0339. The van der Waals surface area contributed by atoms with Crippen LogP contribution in [0, 0.1) is 5.92 Å². The third kappa shape index (κ3) is 3.97. The van der Waals surface area contributed by atoms with Crippen LogP contribution in [0.15, 0.2) is 18.0 Å². The Hall–Kier alpha value is -2.00. The van der Waals surface area contributed by atoms with Crippen molar-refractivity contribution in [3.8, 4) is 0 Å². The summed E-state index contributed by atoms with van der Waals surface area (Å²) in [4.78, 5) is 4.82. The molecular weight excluding hydrogens is 398 g/mol. The molecule has 1 saturated heterocycles. The minimum Gasteiger partial charge on any atom is -0.616 e. The van der Waals surface area contributed by atoms with Gasteiger partial charge in [0.2, 0.25) is 0 Å². The van der Waals surface area contributed by atoms with Gasteiger partial charge in [0.1, 0.15) is 5.25 Å². The number of hydrogen-bond acceptors (Lipinski definition) is 6. The molecule has 2 unspecified atom stereocenters. The summed E-state index contributed by atoms with van der Waals surface area (Å²) < 4.78 is 20.1. The highest BCUT2D eigenvalue weighted by molar-refractivity contribution is 7.91. The molecule has 1 aliphatic carbocycles. The number of allylic oxidation sites excluding steroid dienone is 1. The van der Waals surface area contributed by atoms with Crippen LogP contribution in [0.1, 0.15) is 31.7 Å². The number of rotatable bonds is 5. The van der Waals surface area contributed by atoms with Gasteiger partial charge in [0.05, 0.1) is 28.3 Å². The monoisotopic (exact) mass is 429 g/mol. The van der Waals surface area contributed by atoms with Crippen molar-refractivity contribution in [2.75, 3.05) is 26.5 Å². The molecule has 0 bridgehead atoms. The van der Waals surface area contributed by atoms with Gasteiger partial charge in [-0.05, 0) is 49.0 Å². The lowest BCUT2D eigenvalue weighted by molar-refractivity contribution is 0.0614. The maximum absolute atomic E-state index is 12.2. The average molecular weight is 430 g/mol. The molecule has 0 spiro atoms. The highest BCUT2D eigenvalue weighted by Crippen LogP contribution is 2.23. The van der Waals surface area contributed by atoms with Crippen molar-refractivity contribution in [3.05, 3.63) is 34.1 Å². The highest BCUT2D eigenvalue weighted by atomic mass is 32.2. The first kappa shape index (κ1) is 21.2. The molecule has 0 amide bonds. The number of nitrogens with two attached hydrogens (primary N) is 2. The molecule has 4 rings (SSSR count). The largest absolute Gasteiger partial charge is 0.616 e. The van der Waals surface area contributed by atoms with E-state index < -0.39 is 11.2 Å². The maximum atomic E-state index is 12.2. The quantitative estimate of drug-likeness (QED) is 0.410. The van der Waals surface area contributed by atoms with Gasteiger partial charge in [-0.2, -0.15) is 0 Å². The van der Waals surface area contributed by atoms with Crippen molar-refractivity contribution in [3.63, 3.8) is 0 Å². The lowest BCUT2D eigenvalue weighted by Gasteiger charge is -2.24. The molecule has 0 saturated carbocycles. The second-order valence-electron chi connectivity index (χ2n) is 8.34. The van der Waals surface area contributed by atoms with E-state index in [0.717, 1.165) is 71.9 Å². The van der Waals surface area contributed by atoms with E-state index in [1.54, 1.807) is 18.3 Å². The van der Waals surface area contributed by atoms with Crippen LogP contribution in [-0.2, 0) is 22.5 Å². The first-order valence-corrected chi connectivity index (χ1v) is 12.0. The molecule has 4 N–H and O–H groups in total. The smallest absolute Gasteiger partial charge is 0.139 e. The lowest BCUT2D eigenvalue weighted by atomic mass is 10.0. The Morgan fingerprint density at radius 2 is 2.13 bits per heavy atom. The van der Waals surface area contributed by atoms with Crippen molar-refractivity contribution in [2.24, 2.45) is 17.5 Å². The summed E-state index contributed by atoms with van der Waals surface area (Å²) >= 11 is -0.908. The first-order chi connectivity index (χ1) is 14.4. The number of fused-ring (bicyclic) bond motifs is 3. The minimum atomic E-state index is -0.908. The Kier molecular flexibility index (Phi) is 6.11. The highest BCUT2D eigenvalue weighted by Gasteiger charge is 2.23. The molecule has 0 radical (unpaired) electrons. The second kappa shape index (κ2) is 8.63. The summed E-state index contributed by atoms with van der Waals surface area (Å²) in [6.07, 6.45) is 10.9. The molecule has 2 aliphatic rings. The van der Waals surface area contributed by atoms with Crippen LogP contribution >= 0.6 is 0 Å². The number of aromatic nitrogens is 2. The van der Waals surface area contributed by atoms with Crippen LogP contribution in [-0.4, -0.2) is 50.9 Å². The van der Waals surface area contributed by atoms with Crippen molar-refractivity contribution in [1.29, 1.82) is 0 Å². The van der Waals surface area contributed by atoms with Gasteiger partial charge < -0.3 is 24.6 Å². The van der Waals surface area contributed by atoms with Gasteiger partial charge in [0.25, 0.3) is 0 Å². The Morgan fingerprint density at radius 3 is 2.77 bits per heavy atom. The predicted octanol–water partition coefficient (Wildman–Crippen LogP) is 0.627. The average Bonchev–Trinajstić information content (AvgIpc) is 3.01. The van der Waals surface area contributed by atoms with E-state index in [0.29, 0.717) is 11.6 Å². The number of hydrogen-bond donors (Lipinski definition) is 2. The van der Waals surface area contributed by atoms with Gasteiger partial charge in [-0.1, -0.05) is 6.08 Å². The third-order valence-electron chi connectivity index (χ3n) is 6.09. The van der Waals surface area contributed by atoms with Gasteiger partial charge in [-0.25, -0.2) is 5.84 Å². The molecule has 0 aromatic carbocycles. The zero-order chi connectivity index (χ0) is 21.4. The summed E-state index contributed by atoms with van der Waals surface area (Å²) in [5.74, 6) is 6.60. The molecule has 30 heavy (non-hydrogen) atoms. The van der Waals surface area contributed by atoms with Crippen molar-refractivity contribution >= 4 is 40.1 Å². The molecule has 2 aromatic rings. The van der Waals surface area contributed by atoms with Gasteiger partial charge in [0.15, 0.2) is 0 Å². The number of nitrogens with zero attached hydrogens (tertiary/aromatic N) is 3. The lowest BCUT2D eigenvalue weighted by Crippen LogP contribution is -2.38. The molecule has 3 heterocycles. The number of pyridine rings is 1. The molecule has 1 aliphatic heterocycles. The molecule has 7 nitrogen and oxygen atoms in total. The van der Waals surface area contributed by atoms with Crippen LogP contribution < -0.4 is 22.1 Å². The Morgan fingerprint density at radius 1 is 1.40 bits per heavy atom. The van der Waals surface area contributed by atoms with Crippen LogP contribution in [0.4, 0.5) is 0 Å². The normalized spacial score (nSPS) is 21.4. The summed E-state index contributed by atoms with van der Waals surface area (Å²) in [6, 6.07) is 2.13. The maximum Gasteiger partial charge on any atom is 0.139 e. The molecule has 162 valence electrons. The Bertz CT molecular complexity index is 1080. The molecule has 2 aromatic heterocycles. The van der Waals surface area contributed by atoms with Gasteiger partial charge >= 0.3 is 0 Å². The van der Waals surface area contributed by atoms with Crippen LogP contribution in [0.5, 0.6) is 0 Å². The standard InChI is InChI=1S/C22H31N5O2S/c1-14(23)22(26(2)24)16-10-20-21(25-12-16)18-5-4-17(30(3)28)11-19(18)27(20)13-15-6-8-29-9-7-15/h5,10-12,15,17H,4,6-9,13,23-24H2,1-3H3/b22-14-. The number of ether oxygens (including phenoxy) is 1. The Labute approximate surface area is 180 Å². The van der Waals surface area contributed by atoms with Crippen LogP contribution in [0.3, 0.4) is 0 Å². The van der Waals surface area contributed by atoms with Gasteiger partial charge in [-0.15, -0.1) is 0 Å². The summed E-state index contributed by atoms with van der Waals surface area (Å²) in [5.41, 5.74) is 10.5. The fourth-order valence-corrected chi connectivity index (χ4v) is 5.26. The van der Waals surface area contributed by atoms with Gasteiger partial charge in [0, 0.05) is 55.9 Å². The predicted molar refractivity (Wildman–Crippen MR) is 123 cm³/mol. The third-order valence-corrected chi connectivity index (χ3v) is 7.27. The van der Waals surface area contributed by atoms with E-state index in [9.17, 15) is 4.55 Å². The Balaban J connectivity index is 1.92. The van der Waals surface area contributed by atoms with Crippen LogP contribution in [0.25, 0.3) is 28.9 Å².